The maximum atomic E-state index is 12.6. The van der Waals surface area contributed by atoms with Crippen molar-refractivity contribution in [3.05, 3.63) is 84.2 Å². The highest BCUT2D eigenvalue weighted by molar-refractivity contribution is 5.97. The number of fused-ring (bicyclic) bond motifs is 1. The molecule has 0 saturated carbocycles. The molecule has 8 heteroatoms. The molecule has 0 aliphatic heterocycles. The van der Waals surface area contributed by atoms with Crippen LogP contribution in [0.2, 0.25) is 0 Å². The highest BCUT2D eigenvalue weighted by Crippen LogP contribution is 2.21. The summed E-state index contributed by atoms with van der Waals surface area (Å²) in [5, 5.41) is 4.30. The summed E-state index contributed by atoms with van der Waals surface area (Å²) in [6.45, 7) is -0.0562. The molecule has 0 spiro atoms. The Balaban J connectivity index is 1.45. The highest BCUT2D eigenvalue weighted by atomic mass is 16.5. The van der Waals surface area contributed by atoms with Crippen LogP contribution >= 0.6 is 0 Å². The van der Waals surface area contributed by atoms with Crippen molar-refractivity contribution in [2.24, 2.45) is 0 Å². The summed E-state index contributed by atoms with van der Waals surface area (Å²) in [6, 6.07) is 18.9. The number of nitrogens with zero attached hydrogens (tertiary/aromatic N) is 4. The van der Waals surface area contributed by atoms with E-state index in [-0.39, 0.29) is 18.1 Å². The van der Waals surface area contributed by atoms with E-state index < -0.39 is 5.97 Å². The first-order valence-corrected chi connectivity index (χ1v) is 9.99. The van der Waals surface area contributed by atoms with Crippen molar-refractivity contribution >= 4 is 17.5 Å². The van der Waals surface area contributed by atoms with Gasteiger partial charge in [0.05, 0.1) is 19.0 Å². The molecule has 8 nitrogen and oxygen atoms in total. The van der Waals surface area contributed by atoms with Gasteiger partial charge < -0.3 is 14.4 Å². The quantitative estimate of drug-likeness (QED) is 0.419. The monoisotopic (exact) mass is 430 g/mol. The third kappa shape index (κ3) is 4.29. The average molecular weight is 430 g/mol. The van der Waals surface area contributed by atoms with Crippen LogP contribution in [0, 0.1) is 0 Å². The summed E-state index contributed by atoms with van der Waals surface area (Å²) in [4.78, 5) is 30.9. The first-order valence-electron chi connectivity index (χ1n) is 9.99. The van der Waals surface area contributed by atoms with E-state index in [1.165, 1.54) is 11.1 Å². The highest BCUT2D eigenvalue weighted by Gasteiger charge is 2.20. The summed E-state index contributed by atoms with van der Waals surface area (Å²) in [7, 11) is 3.22. The first-order chi connectivity index (χ1) is 15.6. The summed E-state index contributed by atoms with van der Waals surface area (Å²) >= 11 is 0. The van der Waals surface area contributed by atoms with E-state index in [4.69, 9.17) is 9.47 Å². The van der Waals surface area contributed by atoms with Crippen LogP contribution in [0.1, 0.15) is 15.9 Å². The van der Waals surface area contributed by atoms with Crippen LogP contribution in [-0.4, -0.2) is 52.1 Å². The zero-order valence-electron chi connectivity index (χ0n) is 17.8. The predicted octanol–water partition coefficient (Wildman–Crippen LogP) is 3.22. The Kier molecular flexibility index (Phi) is 6.12. The van der Waals surface area contributed by atoms with Gasteiger partial charge in [0.1, 0.15) is 11.3 Å². The summed E-state index contributed by atoms with van der Waals surface area (Å²) < 4.78 is 12.2. The van der Waals surface area contributed by atoms with E-state index in [1.807, 2.05) is 60.7 Å². The lowest BCUT2D eigenvalue weighted by Crippen LogP contribution is -2.31. The lowest BCUT2D eigenvalue weighted by atomic mass is 10.1. The maximum Gasteiger partial charge on any atom is 0.344 e. The molecule has 2 heterocycles. The van der Waals surface area contributed by atoms with E-state index in [0.717, 1.165) is 16.8 Å². The van der Waals surface area contributed by atoms with Crippen molar-refractivity contribution in [3.63, 3.8) is 0 Å². The molecule has 4 aromatic rings. The largest absolute Gasteiger partial charge is 0.496 e. The lowest BCUT2D eigenvalue weighted by Gasteiger charge is -2.18. The minimum absolute atomic E-state index is 0.197. The standard InChI is InChI=1S/C24H22N4O4/c1-27(15-18-10-6-7-11-21(18)31-2)22(29)16-32-24(30)19-14-26-28-20(12-13-25-23(19)28)17-8-4-3-5-9-17/h3-14H,15-16H2,1-2H3. The number of likely N-dealkylation sites (N-methyl/N-ethyl adjacent to an activating group) is 1. The van der Waals surface area contributed by atoms with Crippen LogP contribution in [0.25, 0.3) is 16.9 Å². The van der Waals surface area contributed by atoms with Gasteiger partial charge in [-0.1, -0.05) is 48.5 Å². The van der Waals surface area contributed by atoms with Gasteiger partial charge >= 0.3 is 5.97 Å². The van der Waals surface area contributed by atoms with Gasteiger partial charge in [-0.25, -0.2) is 14.3 Å². The van der Waals surface area contributed by atoms with Crippen LogP contribution in [-0.2, 0) is 16.1 Å². The minimum atomic E-state index is -0.656. The molecular weight excluding hydrogens is 408 g/mol. The number of para-hydroxylation sites is 1. The fourth-order valence-electron chi connectivity index (χ4n) is 3.36. The molecule has 162 valence electrons. The molecule has 0 aliphatic rings. The number of amides is 1. The van der Waals surface area contributed by atoms with Gasteiger partial charge in [0.15, 0.2) is 12.3 Å². The smallest absolute Gasteiger partial charge is 0.344 e. The van der Waals surface area contributed by atoms with Crippen molar-refractivity contribution in [3.8, 4) is 17.0 Å². The van der Waals surface area contributed by atoms with Crippen molar-refractivity contribution in [2.75, 3.05) is 20.8 Å². The van der Waals surface area contributed by atoms with Gasteiger partial charge in [-0.05, 0) is 12.1 Å². The second kappa shape index (κ2) is 9.30. The number of carbonyl (C=O) groups is 2. The number of benzene rings is 2. The van der Waals surface area contributed by atoms with E-state index in [2.05, 4.69) is 10.1 Å². The van der Waals surface area contributed by atoms with Crippen LogP contribution in [0.5, 0.6) is 5.75 Å². The molecular formula is C24H22N4O4. The van der Waals surface area contributed by atoms with Gasteiger partial charge in [0, 0.05) is 30.9 Å². The van der Waals surface area contributed by atoms with E-state index in [0.29, 0.717) is 17.9 Å². The van der Waals surface area contributed by atoms with Gasteiger partial charge in [-0.3, -0.25) is 4.79 Å². The topological polar surface area (TPSA) is 86.0 Å². The molecule has 0 fully saturated rings. The number of methoxy groups -OCH3 is 1. The average Bonchev–Trinajstić information content (AvgIpc) is 3.27. The van der Waals surface area contributed by atoms with Crippen molar-refractivity contribution in [1.29, 1.82) is 0 Å². The number of hydrogen-bond donors (Lipinski definition) is 0. The molecule has 0 unspecified atom stereocenters. The second-order valence-electron chi connectivity index (χ2n) is 7.13. The maximum absolute atomic E-state index is 12.6. The number of aromatic nitrogens is 3. The Hall–Kier alpha value is -4.20. The SMILES string of the molecule is COc1ccccc1CN(C)C(=O)COC(=O)c1cnn2c(-c3ccccc3)ccnc12. The van der Waals surface area contributed by atoms with Gasteiger partial charge in [-0.2, -0.15) is 5.10 Å². The Morgan fingerprint density at radius 1 is 1.03 bits per heavy atom. The molecule has 0 radical (unpaired) electrons. The number of hydrogen-bond acceptors (Lipinski definition) is 6. The first kappa shape index (κ1) is 21.0. The van der Waals surface area contributed by atoms with Crippen LogP contribution < -0.4 is 4.74 Å². The van der Waals surface area contributed by atoms with Gasteiger partial charge in [-0.15, -0.1) is 0 Å². The molecule has 0 bridgehead atoms. The molecule has 2 aromatic carbocycles. The van der Waals surface area contributed by atoms with E-state index >= 15 is 0 Å². The number of esters is 1. The molecule has 1 amide bonds. The lowest BCUT2D eigenvalue weighted by molar-refractivity contribution is -0.133. The number of rotatable bonds is 7. The minimum Gasteiger partial charge on any atom is -0.496 e. The molecule has 0 aliphatic carbocycles. The fourth-order valence-corrected chi connectivity index (χ4v) is 3.36. The third-order valence-electron chi connectivity index (χ3n) is 5.04. The fraction of sp³-hybridized carbons (Fsp3) is 0.167. The van der Waals surface area contributed by atoms with Crippen LogP contribution in [0.3, 0.4) is 0 Å². The molecule has 2 aromatic heterocycles. The van der Waals surface area contributed by atoms with Crippen molar-refractivity contribution in [2.45, 2.75) is 6.54 Å². The third-order valence-corrected chi connectivity index (χ3v) is 5.04. The number of carbonyl (C=O) groups excluding carboxylic acids is 2. The Morgan fingerprint density at radius 3 is 2.56 bits per heavy atom. The molecule has 0 saturated heterocycles. The molecule has 4 rings (SSSR count). The molecule has 0 N–H and O–H groups in total. The summed E-state index contributed by atoms with van der Waals surface area (Å²) in [5.41, 5.74) is 3.16. The predicted molar refractivity (Wildman–Crippen MR) is 118 cm³/mol. The van der Waals surface area contributed by atoms with E-state index in [9.17, 15) is 9.59 Å². The normalized spacial score (nSPS) is 10.7. The zero-order valence-corrected chi connectivity index (χ0v) is 17.8. The van der Waals surface area contributed by atoms with Crippen molar-refractivity contribution < 1.29 is 19.1 Å². The van der Waals surface area contributed by atoms with Gasteiger partial charge in [0.25, 0.3) is 5.91 Å². The Morgan fingerprint density at radius 2 is 1.78 bits per heavy atom. The molecule has 0 atom stereocenters. The van der Waals surface area contributed by atoms with E-state index in [1.54, 1.807) is 24.9 Å². The zero-order chi connectivity index (χ0) is 22.5. The van der Waals surface area contributed by atoms with Crippen LogP contribution in [0.4, 0.5) is 0 Å². The van der Waals surface area contributed by atoms with Gasteiger partial charge in [0.2, 0.25) is 0 Å². The molecule has 32 heavy (non-hydrogen) atoms. The van der Waals surface area contributed by atoms with Crippen molar-refractivity contribution in [1.82, 2.24) is 19.5 Å². The summed E-state index contributed by atoms with van der Waals surface area (Å²) in [6.07, 6.45) is 3.02. The Labute approximate surface area is 185 Å². The van der Waals surface area contributed by atoms with Crippen LogP contribution in [0.15, 0.2) is 73.1 Å². The Bertz CT molecular complexity index is 1250. The number of ether oxygens (including phenoxy) is 2. The summed E-state index contributed by atoms with van der Waals surface area (Å²) in [5.74, 6) is -0.300. The second-order valence-corrected chi connectivity index (χ2v) is 7.13.